The first-order valence-corrected chi connectivity index (χ1v) is 7.96. The van der Waals surface area contributed by atoms with E-state index in [0.29, 0.717) is 17.9 Å². The van der Waals surface area contributed by atoms with E-state index in [2.05, 4.69) is 41.7 Å². The Hall–Kier alpha value is -1.16. The summed E-state index contributed by atoms with van der Waals surface area (Å²) in [6.07, 6.45) is 6.81. The van der Waals surface area contributed by atoms with Crippen LogP contribution < -0.4 is 10.6 Å². The fourth-order valence-corrected chi connectivity index (χ4v) is 3.27. The van der Waals surface area contributed by atoms with Crippen molar-refractivity contribution in [2.45, 2.75) is 58.4 Å². The molecule has 0 amide bonds. The van der Waals surface area contributed by atoms with Gasteiger partial charge >= 0.3 is 0 Å². The molecule has 0 spiro atoms. The van der Waals surface area contributed by atoms with Crippen molar-refractivity contribution in [2.75, 3.05) is 18.0 Å². The Morgan fingerprint density at radius 1 is 1.30 bits per heavy atom. The highest BCUT2D eigenvalue weighted by molar-refractivity contribution is 5.41. The molecule has 2 atom stereocenters. The molecule has 1 fully saturated rings. The van der Waals surface area contributed by atoms with Gasteiger partial charge in [-0.2, -0.15) is 0 Å². The lowest BCUT2D eigenvalue weighted by Crippen LogP contribution is -2.45. The molecule has 0 saturated heterocycles. The summed E-state index contributed by atoms with van der Waals surface area (Å²) in [5.74, 6) is 2.10. The summed E-state index contributed by atoms with van der Waals surface area (Å²) in [5, 5.41) is 0. The Morgan fingerprint density at radius 2 is 2.05 bits per heavy atom. The summed E-state index contributed by atoms with van der Waals surface area (Å²) in [4.78, 5) is 11.3. The molecule has 2 unspecified atom stereocenters. The van der Waals surface area contributed by atoms with Crippen molar-refractivity contribution in [3.63, 3.8) is 0 Å². The van der Waals surface area contributed by atoms with Crippen molar-refractivity contribution >= 4 is 5.82 Å². The highest BCUT2D eigenvalue weighted by Crippen LogP contribution is 2.30. The number of hydrogen-bond donors (Lipinski definition) is 1. The van der Waals surface area contributed by atoms with Gasteiger partial charge in [-0.05, 0) is 38.1 Å². The Morgan fingerprint density at radius 3 is 2.70 bits per heavy atom. The zero-order valence-corrected chi connectivity index (χ0v) is 13.0. The van der Waals surface area contributed by atoms with Gasteiger partial charge in [-0.15, -0.1) is 0 Å². The molecule has 0 radical (unpaired) electrons. The van der Waals surface area contributed by atoms with Crippen LogP contribution in [0.3, 0.4) is 0 Å². The van der Waals surface area contributed by atoms with Gasteiger partial charge in [0.1, 0.15) is 12.1 Å². The van der Waals surface area contributed by atoms with Gasteiger partial charge in [-0.3, -0.25) is 0 Å². The molecule has 112 valence electrons. The summed E-state index contributed by atoms with van der Waals surface area (Å²) >= 11 is 0. The predicted molar refractivity (Wildman–Crippen MR) is 83.9 cm³/mol. The van der Waals surface area contributed by atoms with Crippen LogP contribution in [0.15, 0.2) is 12.4 Å². The van der Waals surface area contributed by atoms with Crippen LogP contribution in [0, 0.1) is 5.92 Å². The van der Waals surface area contributed by atoms with Crippen LogP contribution in [0.1, 0.15) is 58.1 Å². The van der Waals surface area contributed by atoms with Gasteiger partial charge in [0.05, 0.1) is 0 Å². The van der Waals surface area contributed by atoms with Crippen molar-refractivity contribution in [3.8, 4) is 0 Å². The molecule has 4 nitrogen and oxygen atoms in total. The number of nitrogens with zero attached hydrogens (tertiary/aromatic N) is 3. The molecule has 1 aromatic heterocycles. The second kappa shape index (κ2) is 7.02. The van der Waals surface area contributed by atoms with Crippen LogP contribution in [0.5, 0.6) is 0 Å². The molecule has 0 aliphatic heterocycles. The Balaban J connectivity index is 2.24. The van der Waals surface area contributed by atoms with E-state index in [1.165, 1.54) is 25.7 Å². The fraction of sp³-hybridized carbons (Fsp3) is 0.750. The highest BCUT2D eigenvalue weighted by Gasteiger charge is 2.29. The molecule has 2 rings (SSSR count). The molecular formula is C16H28N4. The van der Waals surface area contributed by atoms with Gasteiger partial charge in [-0.1, -0.05) is 26.7 Å². The number of anilines is 1. The Kier molecular flexibility index (Phi) is 5.35. The average Bonchev–Trinajstić information content (AvgIpc) is 2.49. The third-order valence-corrected chi connectivity index (χ3v) is 4.47. The zero-order valence-electron chi connectivity index (χ0n) is 13.0. The Labute approximate surface area is 122 Å². The molecule has 0 bridgehead atoms. The van der Waals surface area contributed by atoms with Crippen LogP contribution in [0.2, 0.25) is 0 Å². The van der Waals surface area contributed by atoms with E-state index < -0.39 is 0 Å². The minimum Gasteiger partial charge on any atom is -0.353 e. The molecule has 1 saturated carbocycles. The second-order valence-corrected chi connectivity index (χ2v) is 6.09. The summed E-state index contributed by atoms with van der Waals surface area (Å²) in [7, 11) is 0. The number of hydrogen-bond acceptors (Lipinski definition) is 4. The summed E-state index contributed by atoms with van der Waals surface area (Å²) in [5.41, 5.74) is 7.10. The number of aromatic nitrogens is 2. The van der Waals surface area contributed by atoms with E-state index in [1.54, 1.807) is 6.33 Å². The first kappa shape index (κ1) is 15.2. The van der Waals surface area contributed by atoms with Gasteiger partial charge in [0.25, 0.3) is 0 Å². The molecule has 4 heteroatoms. The maximum Gasteiger partial charge on any atom is 0.132 e. The highest BCUT2D eigenvalue weighted by atomic mass is 15.2. The van der Waals surface area contributed by atoms with E-state index in [9.17, 15) is 0 Å². The number of rotatable bonds is 5. The lowest BCUT2D eigenvalue weighted by Gasteiger charge is -2.40. The normalized spacial score (nSPS) is 23.1. The first-order valence-electron chi connectivity index (χ1n) is 7.96. The van der Waals surface area contributed by atoms with Crippen LogP contribution in [0.4, 0.5) is 5.82 Å². The largest absolute Gasteiger partial charge is 0.353 e. The third-order valence-electron chi connectivity index (χ3n) is 4.47. The van der Waals surface area contributed by atoms with E-state index in [4.69, 9.17) is 5.73 Å². The quantitative estimate of drug-likeness (QED) is 0.898. The van der Waals surface area contributed by atoms with Crippen molar-refractivity contribution in [1.29, 1.82) is 0 Å². The molecule has 1 aromatic rings. The van der Waals surface area contributed by atoms with Crippen molar-refractivity contribution in [1.82, 2.24) is 9.97 Å². The van der Waals surface area contributed by atoms with Gasteiger partial charge in [0.15, 0.2) is 0 Å². The van der Waals surface area contributed by atoms with Crippen molar-refractivity contribution < 1.29 is 0 Å². The molecule has 1 aliphatic carbocycles. The average molecular weight is 276 g/mol. The molecule has 2 N–H and O–H groups in total. The summed E-state index contributed by atoms with van der Waals surface area (Å²) in [6.45, 7) is 8.32. The molecule has 1 aliphatic rings. The SMILES string of the molecule is CCN(c1cc(C(C)C)ncn1)C1CCCCC1CN. The van der Waals surface area contributed by atoms with Crippen LogP contribution >= 0.6 is 0 Å². The second-order valence-electron chi connectivity index (χ2n) is 6.09. The predicted octanol–water partition coefficient (Wildman–Crippen LogP) is 2.94. The van der Waals surface area contributed by atoms with Gasteiger partial charge in [0, 0.05) is 24.3 Å². The lowest BCUT2D eigenvalue weighted by molar-refractivity contribution is 0.299. The molecule has 0 aromatic carbocycles. The fourth-order valence-electron chi connectivity index (χ4n) is 3.27. The van der Waals surface area contributed by atoms with Gasteiger partial charge in [-0.25, -0.2) is 9.97 Å². The molecule has 1 heterocycles. The Bertz CT molecular complexity index is 419. The van der Waals surface area contributed by atoms with E-state index in [1.807, 2.05) is 0 Å². The third kappa shape index (κ3) is 3.29. The zero-order chi connectivity index (χ0) is 14.5. The molecular weight excluding hydrogens is 248 g/mol. The maximum atomic E-state index is 5.98. The lowest BCUT2D eigenvalue weighted by atomic mass is 9.83. The van der Waals surface area contributed by atoms with Crippen molar-refractivity contribution in [3.05, 3.63) is 18.1 Å². The molecule has 20 heavy (non-hydrogen) atoms. The van der Waals surface area contributed by atoms with E-state index in [-0.39, 0.29) is 0 Å². The van der Waals surface area contributed by atoms with Crippen LogP contribution in [-0.4, -0.2) is 29.1 Å². The van der Waals surface area contributed by atoms with Crippen LogP contribution in [0.25, 0.3) is 0 Å². The van der Waals surface area contributed by atoms with E-state index in [0.717, 1.165) is 24.6 Å². The standard InChI is InChI=1S/C16H28N4/c1-4-20(15-8-6-5-7-13(15)10-17)16-9-14(12(2)3)18-11-19-16/h9,11-13,15H,4-8,10,17H2,1-3H3. The van der Waals surface area contributed by atoms with Crippen LogP contribution in [-0.2, 0) is 0 Å². The van der Waals surface area contributed by atoms with Crippen molar-refractivity contribution in [2.24, 2.45) is 11.7 Å². The number of nitrogens with two attached hydrogens (primary N) is 1. The summed E-state index contributed by atoms with van der Waals surface area (Å²) in [6, 6.07) is 2.68. The smallest absolute Gasteiger partial charge is 0.132 e. The van der Waals surface area contributed by atoms with E-state index >= 15 is 0 Å². The van der Waals surface area contributed by atoms with Gasteiger partial charge < -0.3 is 10.6 Å². The minimum atomic E-state index is 0.437. The monoisotopic (exact) mass is 276 g/mol. The minimum absolute atomic E-state index is 0.437. The van der Waals surface area contributed by atoms with Gasteiger partial charge in [0.2, 0.25) is 0 Å². The summed E-state index contributed by atoms with van der Waals surface area (Å²) < 4.78 is 0. The maximum absolute atomic E-state index is 5.98. The first-order chi connectivity index (χ1) is 9.67. The topological polar surface area (TPSA) is 55.0 Å².